The van der Waals surface area contributed by atoms with Crippen molar-refractivity contribution in [1.82, 2.24) is 0 Å². The summed E-state index contributed by atoms with van der Waals surface area (Å²) in [7, 11) is 3.02. The van der Waals surface area contributed by atoms with Gasteiger partial charge in [-0.2, -0.15) is 0 Å². The standard InChI is InChI=1S/C16H14Cl3FO2/c1-21-11-5-3-10(4-6-11)15(16(17,18)19)13-8-7-12(22-2)9-14(13)20/h3-9,15H,1-2H3/t15-/m1/s1. The fraction of sp³-hybridized carbons (Fsp3) is 0.250. The molecule has 0 fully saturated rings. The highest BCUT2D eigenvalue weighted by atomic mass is 35.6. The first kappa shape index (κ1) is 17.2. The zero-order chi connectivity index (χ0) is 16.3. The number of hydrogen-bond acceptors (Lipinski definition) is 2. The molecule has 0 aliphatic heterocycles. The van der Waals surface area contributed by atoms with Crippen LogP contribution in [0.15, 0.2) is 42.5 Å². The first-order valence-corrected chi connectivity index (χ1v) is 7.54. The van der Waals surface area contributed by atoms with E-state index in [1.807, 2.05) is 0 Å². The summed E-state index contributed by atoms with van der Waals surface area (Å²) in [6.45, 7) is 0. The molecular formula is C16H14Cl3FO2. The molecule has 6 heteroatoms. The minimum absolute atomic E-state index is 0.283. The number of alkyl halides is 3. The largest absolute Gasteiger partial charge is 0.497 e. The van der Waals surface area contributed by atoms with Crippen LogP contribution >= 0.6 is 34.8 Å². The van der Waals surface area contributed by atoms with Gasteiger partial charge in [-0.25, -0.2) is 4.39 Å². The summed E-state index contributed by atoms with van der Waals surface area (Å²) in [5.74, 6) is -0.179. The molecule has 0 unspecified atom stereocenters. The molecule has 0 amide bonds. The van der Waals surface area contributed by atoms with E-state index >= 15 is 0 Å². The lowest BCUT2D eigenvalue weighted by atomic mass is 9.92. The Hall–Kier alpha value is -1.16. The maximum Gasteiger partial charge on any atom is 0.201 e. The summed E-state index contributed by atoms with van der Waals surface area (Å²) >= 11 is 18.3. The van der Waals surface area contributed by atoms with Crippen LogP contribution in [0.4, 0.5) is 4.39 Å². The lowest BCUT2D eigenvalue weighted by Crippen LogP contribution is -2.19. The molecule has 0 saturated heterocycles. The van der Waals surface area contributed by atoms with Gasteiger partial charge < -0.3 is 9.47 Å². The van der Waals surface area contributed by atoms with Gasteiger partial charge in [0.25, 0.3) is 0 Å². The summed E-state index contributed by atoms with van der Waals surface area (Å²) in [6.07, 6.45) is 0. The molecule has 0 N–H and O–H groups in total. The Morgan fingerprint density at radius 3 is 1.91 bits per heavy atom. The minimum atomic E-state index is -1.70. The molecule has 0 aliphatic carbocycles. The zero-order valence-electron chi connectivity index (χ0n) is 11.9. The molecule has 0 heterocycles. The number of ether oxygens (including phenoxy) is 2. The average Bonchev–Trinajstić information content (AvgIpc) is 2.48. The van der Waals surface area contributed by atoms with E-state index in [-0.39, 0.29) is 5.56 Å². The molecule has 1 atom stereocenters. The van der Waals surface area contributed by atoms with Crippen molar-refractivity contribution in [2.45, 2.75) is 9.71 Å². The number of halogens is 4. The second kappa shape index (κ2) is 6.95. The van der Waals surface area contributed by atoms with Crippen LogP contribution in [-0.4, -0.2) is 18.0 Å². The fourth-order valence-corrected chi connectivity index (χ4v) is 2.94. The van der Waals surface area contributed by atoms with Gasteiger partial charge in [0.1, 0.15) is 17.3 Å². The van der Waals surface area contributed by atoms with Crippen LogP contribution in [0, 0.1) is 5.82 Å². The predicted octanol–water partition coefficient (Wildman–Crippen LogP) is 5.35. The Balaban J connectivity index is 2.51. The molecule has 118 valence electrons. The second-order valence-corrected chi connectivity index (χ2v) is 7.00. The molecule has 0 bridgehead atoms. The monoisotopic (exact) mass is 362 g/mol. The third-order valence-corrected chi connectivity index (χ3v) is 3.95. The van der Waals surface area contributed by atoms with E-state index < -0.39 is 15.5 Å². The van der Waals surface area contributed by atoms with Crippen molar-refractivity contribution >= 4 is 34.8 Å². The molecule has 0 aliphatic rings. The van der Waals surface area contributed by atoms with Gasteiger partial charge in [0.2, 0.25) is 3.79 Å². The fourth-order valence-electron chi connectivity index (χ4n) is 2.21. The molecule has 0 radical (unpaired) electrons. The van der Waals surface area contributed by atoms with E-state index in [9.17, 15) is 4.39 Å². The van der Waals surface area contributed by atoms with Crippen molar-refractivity contribution in [1.29, 1.82) is 0 Å². The smallest absolute Gasteiger partial charge is 0.201 e. The Kier molecular flexibility index (Phi) is 5.43. The molecule has 22 heavy (non-hydrogen) atoms. The van der Waals surface area contributed by atoms with Gasteiger partial charge in [-0.15, -0.1) is 0 Å². The van der Waals surface area contributed by atoms with E-state index in [2.05, 4.69) is 0 Å². The van der Waals surface area contributed by atoms with Gasteiger partial charge in [-0.1, -0.05) is 53.0 Å². The topological polar surface area (TPSA) is 18.5 Å². The number of hydrogen-bond donors (Lipinski definition) is 0. The van der Waals surface area contributed by atoms with Crippen molar-refractivity contribution < 1.29 is 13.9 Å². The van der Waals surface area contributed by atoms with Gasteiger partial charge in [0, 0.05) is 6.07 Å². The Labute approximate surface area is 143 Å². The molecule has 0 aromatic heterocycles. The Morgan fingerprint density at radius 2 is 1.45 bits per heavy atom. The van der Waals surface area contributed by atoms with Crippen LogP contribution < -0.4 is 9.47 Å². The second-order valence-electron chi connectivity index (χ2n) is 4.64. The molecular weight excluding hydrogens is 350 g/mol. The van der Waals surface area contributed by atoms with Crippen LogP contribution in [0.1, 0.15) is 17.0 Å². The third kappa shape index (κ3) is 3.78. The van der Waals surface area contributed by atoms with E-state index in [0.717, 1.165) is 0 Å². The van der Waals surface area contributed by atoms with Crippen molar-refractivity contribution in [3.8, 4) is 11.5 Å². The van der Waals surface area contributed by atoms with Crippen LogP contribution in [0.3, 0.4) is 0 Å². The van der Waals surface area contributed by atoms with E-state index in [1.54, 1.807) is 43.5 Å². The van der Waals surface area contributed by atoms with Gasteiger partial charge in [-0.3, -0.25) is 0 Å². The predicted molar refractivity (Wildman–Crippen MR) is 88.1 cm³/mol. The summed E-state index contributed by atoms with van der Waals surface area (Å²) in [5, 5.41) is 0. The van der Waals surface area contributed by atoms with E-state index in [4.69, 9.17) is 44.3 Å². The van der Waals surface area contributed by atoms with E-state index in [0.29, 0.717) is 17.1 Å². The molecule has 2 aromatic rings. The third-order valence-electron chi connectivity index (χ3n) is 3.30. The highest BCUT2D eigenvalue weighted by molar-refractivity contribution is 6.68. The SMILES string of the molecule is COc1ccc([C@H](c2ccc(OC)cc2F)C(Cl)(Cl)Cl)cc1. The highest BCUT2D eigenvalue weighted by Crippen LogP contribution is 2.46. The molecule has 0 spiro atoms. The summed E-state index contributed by atoms with van der Waals surface area (Å²) < 4.78 is 22.8. The highest BCUT2D eigenvalue weighted by Gasteiger charge is 2.37. The van der Waals surface area contributed by atoms with Crippen LogP contribution in [-0.2, 0) is 0 Å². The van der Waals surface area contributed by atoms with Gasteiger partial charge >= 0.3 is 0 Å². The molecule has 2 rings (SSSR count). The van der Waals surface area contributed by atoms with Crippen molar-refractivity contribution in [2.75, 3.05) is 14.2 Å². The maximum absolute atomic E-state index is 14.4. The van der Waals surface area contributed by atoms with E-state index in [1.165, 1.54) is 13.2 Å². The van der Waals surface area contributed by atoms with Gasteiger partial charge in [0.15, 0.2) is 0 Å². The number of methoxy groups -OCH3 is 2. The first-order chi connectivity index (χ1) is 10.4. The molecule has 2 nitrogen and oxygen atoms in total. The van der Waals surface area contributed by atoms with Crippen LogP contribution in [0.25, 0.3) is 0 Å². The molecule has 0 saturated carbocycles. The zero-order valence-corrected chi connectivity index (χ0v) is 14.2. The quantitative estimate of drug-likeness (QED) is 0.682. The average molecular weight is 364 g/mol. The first-order valence-electron chi connectivity index (χ1n) is 6.41. The number of benzene rings is 2. The summed E-state index contributed by atoms with van der Waals surface area (Å²) in [6, 6.07) is 11.4. The van der Waals surface area contributed by atoms with Crippen LogP contribution in [0.2, 0.25) is 0 Å². The molecule has 2 aromatic carbocycles. The van der Waals surface area contributed by atoms with Gasteiger partial charge in [0.05, 0.1) is 20.1 Å². The van der Waals surface area contributed by atoms with Crippen molar-refractivity contribution in [3.63, 3.8) is 0 Å². The number of rotatable bonds is 4. The Morgan fingerprint density at radius 1 is 0.909 bits per heavy atom. The normalized spacial score (nSPS) is 12.8. The Bertz CT molecular complexity index is 639. The lowest BCUT2D eigenvalue weighted by molar-refractivity contribution is 0.410. The maximum atomic E-state index is 14.4. The van der Waals surface area contributed by atoms with Gasteiger partial charge in [-0.05, 0) is 29.3 Å². The van der Waals surface area contributed by atoms with Crippen molar-refractivity contribution in [3.05, 3.63) is 59.4 Å². The van der Waals surface area contributed by atoms with Crippen molar-refractivity contribution in [2.24, 2.45) is 0 Å². The lowest BCUT2D eigenvalue weighted by Gasteiger charge is -2.26. The summed E-state index contributed by atoms with van der Waals surface area (Å²) in [4.78, 5) is 0. The summed E-state index contributed by atoms with van der Waals surface area (Å²) in [5.41, 5.74) is 0.954. The van der Waals surface area contributed by atoms with Crippen LogP contribution in [0.5, 0.6) is 11.5 Å². The minimum Gasteiger partial charge on any atom is -0.497 e.